The van der Waals surface area contributed by atoms with Crippen molar-refractivity contribution in [3.63, 3.8) is 0 Å². The molecular weight excluding hydrogens is 112 g/mol. The third-order valence-electron chi connectivity index (χ3n) is 0. The average molecular weight is 119 g/mol. The zero-order valence-electron chi connectivity index (χ0n) is 4.71. The summed E-state index contributed by atoms with van der Waals surface area (Å²) in [5.41, 5.74) is 0. The summed E-state index contributed by atoms with van der Waals surface area (Å²) in [7, 11) is 1.31. The molecular formula is CH7LiSiZn. The van der Waals surface area contributed by atoms with Crippen molar-refractivity contribution >= 4 is 10.2 Å². The number of hydrogen-bond donors (Lipinski definition) is 0. The SMILES string of the molecule is C[SiH3].[H-].[Li+].[Zn]. The van der Waals surface area contributed by atoms with Crippen LogP contribution in [-0.2, 0) is 19.5 Å². The third-order valence-corrected chi connectivity index (χ3v) is 0. The smallest absolute Gasteiger partial charge is 1.00 e. The quantitative estimate of drug-likeness (QED) is 0.291. The normalized spacial score (nSPS) is 2.25. The fraction of sp³-hybridized carbons (Fsp3) is 1.00. The Bertz CT molecular complexity index is 11.6. The Morgan fingerprint density at radius 1 is 1.50 bits per heavy atom. The zero-order chi connectivity index (χ0) is 2.00. The topological polar surface area (TPSA) is 0 Å². The van der Waals surface area contributed by atoms with Gasteiger partial charge in [0.05, 0.1) is 0 Å². The van der Waals surface area contributed by atoms with E-state index in [0.29, 0.717) is 0 Å². The Kier molecular flexibility index (Phi) is 114. The first kappa shape index (κ1) is 18.0. The summed E-state index contributed by atoms with van der Waals surface area (Å²) in [5, 5.41) is 0. The Hall–Kier alpha value is 1.44. The van der Waals surface area contributed by atoms with E-state index in [1.54, 1.807) is 0 Å². The molecule has 0 aliphatic carbocycles. The largest absolute Gasteiger partial charge is 1.00 e. The van der Waals surface area contributed by atoms with E-state index in [0.717, 1.165) is 0 Å². The molecule has 4 heavy (non-hydrogen) atoms. The van der Waals surface area contributed by atoms with Gasteiger partial charge in [-0.2, -0.15) is 0 Å². The van der Waals surface area contributed by atoms with Crippen LogP contribution in [0.4, 0.5) is 0 Å². The van der Waals surface area contributed by atoms with Gasteiger partial charge in [0.2, 0.25) is 0 Å². The number of hydrogen-bond acceptors (Lipinski definition) is 0. The van der Waals surface area contributed by atoms with Crippen LogP contribution in [0.15, 0.2) is 0 Å². The van der Waals surface area contributed by atoms with Crippen molar-refractivity contribution in [2.45, 2.75) is 6.55 Å². The van der Waals surface area contributed by atoms with Crippen molar-refractivity contribution < 1.29 is 39.8 Å². The molecule has 0 spiro atoms. The van der Waals surface area contributed by atoms with Gasteiger partial charge in [-0.05, 0) is 10.2 Å². The van der Waals surface area contributed by atoms with Gasteiger partial charge in [0.25, 0.3) is 0 Å². The molecule has 0 saturated carbocycles. The van der Waals surface area contributed by atoms with E-state index in [9.17, 15) is 0 Å². The van der Waals surface area contributed by atoms with E-state index in [1.807, 2.05) is 0 Å². The molecule has 0 aromatic carbocycles. The standard InChI is InChI=1S/CH6Si.Li.Zn.H/c1-2;;;/h1-2H3;;;/q;+1;;-1. The first-order valence-electron chi connectivity index (χ1n) is 1.00. The second kappa shape index (κ2) is 25.4. The van der Waals surface area contributed by atoms with Crippen LogP contribution in [-0.4, -0.2) is 10.2 Å². The maximum atomic E-state index is 2.14. The summed E-state index contributed by atoms with van der Waals surface area (Å²) in [6.45, 7) is 2.14. The molecule has 0 aliphatic heterocycles. The third kappa shape index (κ3) is 9.88. The van der Waals surface area contributed by atoms with Gasteiger partial charge in [0.1, 0.15) is 0 Å². The van der Waals surface area contributed by atoms with Crippen LogP contribution < -0.4 is 18.9 Å². The Balaban J connectivity index is -0.00000000167. The van der Waals surface area contributed by atoms with Crippen LogP contribution in [0.2, 0.25) is 6.55 Å². The molecule has 0 aromatic heterocycles. The van der Waals surface area contributed by atoms with E-state index in [-0.39, 0.29) is 39.8 Å². The van der Waals surface area contributed by atoms with Gasteiger partial charge in [-0.1, -0.05) is 6.55 Å². The molecule has 0 rings (SSSR count). The van der Waals surface area contributed by atoms with Gasteiger partial charge in [-0.3, -0.25) is 0 Å². The van der Waals surface area contributed by atoms with E-state index in [4.69, 9.17) is 0 Å². The second-order valence-corrected chi connectivity index (χ2v) is 0. The van der Waals surface area contributed by atoms with Crippen LogP contribution in [0.5, 0.6) is 0 Å². The van der Waals surface area contributed by atoms with Crippen molar-refractivity contribution in [1.82, 2.24) is 0 Å². The zero-order valence-corrected chi connectivity index (χ0v) is 8.67. The van der Waals surface area contributed by atoms with Gasteiger partial charge >= 0.3 is 18.9 Å². The molecule has 0 aromatic rings. The minimum Gasteiger partial charge on any atom is -1.00 e. The van der Waals surface area contributed by atoms with E-state index in [1.165, 1.54) is 10.2 Å². The minimum atomic E-state index is 0. The average Bonchev–Trinajstić information content (AvgIpc) is 1.00. The molecule has 18 valence electrons. The minimum absolute atomic E-state index is 0. The predicted molar refractivity (Wildman–Crippen MR) is 16.9 cm³/mol. The van der Waals surface area contributed by atoms with Crippen molar-refractivity contribution in [1.29, 1.82) is 0 Å². The van der Waals surface area contributed by atoms with Gasteiger partial charge in [0.15, 0.2) is 0 Å². The maximum Gasteiger partial charge on any atom is 1.00 e. The second-order valence-electron chi connectivity index (χ2n) is 0. The maximum absolute atomic E-state index is 2.14. The molecule has 0 unspecified atom stereocenters. The summed E-state index contributed by atoms with van der Waals surface area (Å²) in [5.74, 6) is 0. The van der Waals surface area contributed by atoms with Crippen molar-refractivity contribution in [3.05, 3.63) is 0 Å². The Morgan fingerprint density at radius 3 is 1.50 bits per heavy atom. The van der Waals surface area contributed by atoms with Crippen LogP contribution in [0, 0.1) is 0 Å². The van der Waals surface area contributed by atoms with Crippen molar-refractivity contribution in [3.8, 4) is 0 Å². The first-order valence-corrected chi connectivity index (χ1v) is 3.00. The van der Waals surface area contributed by atoms with Gasteiger partial charge < -0.3 is 1.43 Å². The molecule has 3 heteroatoms. The molecule has 0 N–H and O–H groups in total. The summed E-state index contributed by atoms with van der Waals surface area (Å²) in [6, 6.07) is 0. The fourth-order valence-electron chi connectivity index (χ4n) is 0. The Morgan fingerprint density at radius 2 is 1.50 bits per heavy atom. The molecule has 0 amide bonds. The molecule has 0 atom stereocenters. The van der Waals surface area contributed by atoms with E-state index < -0.39 is 0 Å². The predicted octanol–water partition coefficient (Wildman–Crippen LogP) is -3.49. The Labute approximate surface area is 56.6 Å². The first-order chi connectivity index (χ1) is 1.00. The van der Waals surface area contributed by atoms with Crippen molar-refractivity contribution in [2.24, 2.45) is 0 Å². The van der Waals surface area contributed by atoms with Gasteiger partial charge in [-0.25, -0.2) is 0 Å². The molecule has 0 fully saturated rings. The molecule has 0 bridgehead atoms. The van der Waals surface area contributed by atoms with Crippen LogP contribution in [0.25, 0.3) is 0 Å². The van der Waals surface area contributed by atoms with Crippen LogP contribution in [0.3, 0.4) is 0 Å². The molecule has 0 saturated heterocycles. The monoisotopic (exact) mass is 118 g/mol. The van der Waals surface area contributed by atoms with Gasteiger partial charge in [-0.15, -0.1) is 0 Å². The summed E-state index contributed by atoms with van der Waals surface area (Å²) in [6.07, 6.45) is 0. The molecule has 0 aliphatic rings. The van der Waals surface area contributed by atoms with E-state index >= 15 is 0 Å². The van der Waals surface area contributed by atoms with Crippen LogP contribution in [0.1, 0.15) is 1.43 Å². The summed E-state index contributed by atoms with van der Waals surface area (Å²) in [4.78, 5) is 0. The summed E-state index contributed by atoms with van der Waals surface area (Å²) >= 11 is 0. The van der Waals surface area contributed by atoms with Crippen LogP contribution >= 0.6 is 0 Å². The van der Waals surface area contributed by atoms with E-state index in [2.05, 4.69) is 6.55 Å². The molecule has 0 radical (unpaired) electrons. The van der Waals surface area contributed by atoms with Gasteiger partial charge in [0, 0.05) is 19.5 Å². The molecule has 0 heterocycles. The fourth-order valence-corrected chi connectivity index (χ4v) is 0. The molecule has 0 nitrogen and oxygen atoms in total. The van der Waals surface area contributed by atoms with Crippen molar-refractivity contribution in [2.75, 3.05) is 0 Å². The number of rotatable bonds is 0. The summed E-state index contributed by atoms with van der Waals surface area (Å²) < 4.78 is 0.